The first-order valence-corrected chi connectivity index (χ1v) is 16.1. The van der Waals surface area contributed by atoms with Crippen LogP contribution in [0.25, 0.3) is 0 Å². The number of amides is 1. The minimum absolute atomic E-state index is 0.0114. The van der Waals surface area contributed by atoms with Crippen LogP contribution in [-0.4, -0.2) is 64.3 Å². The zero-order chi connectivity index (χ0) is 32.5. The van der Waals surface area contributed by atoms with Crippen molar-refractivity contribution >= 4 is 36.6 Å². The maximum Gasteiger partial charge on any atom is 0.421 e. The number of benzene rings is 1. The van der Waals surface area contributed by atoms with Gasteiger partial charge in [0.15, 0.2) is 0 Å². The lowest BCUT2D eigenvalue weighted by Crippen LogP contribution is -2.28. The molecule has 1 aliphatic heterocycles. The Hall–Kier alpha value is -3.78. The van der Waals surface area contributed by atoms with Gasteiger partial charge in [-0.25, -0.2) is 4.98 Å². The van der Waals surface area contributed by atoms with E-state index in [0.717, 1.165) is 0 Å². The van der Waals surface area contributed by atoms with Gasteiger partial charge in [0.2, 0.25) is 5.95 Å². The van der Waals surface area contributed by atoms with Crippen molar-refractivity contribution in [1.82, 2.24) is 19.9 Å². The van der Waals surface area contributed by atoms with Crippen LogP contribution in [0.15, 0.2) is 30.6 Å². The third-order valence-electron chi connectivity index (χ3n) is 7.56. The molecule has 1 saturated carbocycles. The Morgan fingerprint density at radius 3 is 2.42 bits per heavy atom. The van der Waals surface area contributed by atoms with Crippen LogP contribution in [-0.2, 0) is 32.5 Å². The molecule has 1 aliphatic carbocycles. The van der Waals surface area contributed by atoms with Gasteiger partial charge >= 0.3 is 13.8 Å². The molecule has 0 spiro atoms. The topological polar surface area (TPSA) is 148 Å². The highest BCUT2D eigenvalue weighted by molar-refractivity contribution is 7.53. The van der Waals surface area contributed by atoms with Crippen LogP contribution in [0.1, 0.15) is 65.3 Å². The lowest BCUT2D eigenvalue weighted by molar-refractivity contribution is -0.137. The van der Waals surface area contributed by atoms with E-state index in [1.807, 2.05) is 0 Å². The number of aliphatic hydroxyl groups is 1. The molecule has 0 radical (unpaired) electrons. The molecule has 5 rings (SSSR count). The van der Waals surface area contributed by atoms with Crippen LogP contribution >= 0.6 is 7.60 Å². The second-order valence-corrected chi connectivity index (χ2v) is 12.8. The molecule has 1 fully saturated rings. The number of fused-ring (bicyclic) bond motifs is 1. The summed E-state index contributed by atoms with van der Waals surface area (Å²) in [6.07, 6.45) is -2.28. The molecular formula is C29H34F3N6O6P. The molecule has 3 heterocycles. The summed E-state index contributed by atoms with van der Waals surface area (Å²) < 4.78 is 71.4. The van der Waals surface area contributed by atoms with Crippen LogP contribution < -0.4 is 15.4 Å². The van der Waals surface area contributed by atoms with Gasteiger partial charge in [0.25, 0.3) is 5.91 Å². The number of pyridine rings is 1. The molecule has 12 nitrogen and oxygen atoms in total. The number of carbonyl (C=O) groups excluding carboxylic acids is 1. The van der Waals surface area contributed by atoms with Gasteiger partial charge in [0.1, 0.15) is 17.1 Å². The predicted octanol–water partition coefficient (Wildman–Crippen LogP) is 5.98. The lowest BCUT2D eigenvalue weighted by atomic mass is 9.78. The number of aliphatic hydroxyl groups excluding tert-OH is 1. The van der Waals surface area contributed by atoms with Gasteiger partial charge in [-0.15, -0.1) is 0 Å². The van der Waals surface area contributed by atoms with Crippen LogP contribution in [0.2, 0.25) is 0 Å². The van der Waals surface area contributed by atoms with Crippen molar-refractivity contribution < 1.29 is 41.4 Å². The van der Waals surface area contributed by atoms with Crippen molar-refractivity contribution in [2.75, 3.05) is 38.0 Å². The molecule has 3 aromatic rings. The van der Waals surface area contributed by atoms with Crippen LogP contribution in [0.4, 0.5) is 36.3 Å². The molecule has 3 N–H and O–H groups in total. The fraction of sp³-hybridized carbons (Fsp3) is 0.448. The second-order valence-electron chi connectivity index (χ2n) is 10.7. The Morgan fingerprint density at radius 2 is 1.80 bits per heavy atom. The van der Waals surface area contributed by atoms with Gasteiger partial charge < -0.3 is 34.4 Å². The average Bonchev–Trinajstić information content (AvgIpc) is 3.26. The fourth-order valence-corrected chi connectivity index (χ4v) is 7.09. The van der Waals surface area contributed by atoms with Crippen molar-refractivity contribution in [3.63, 3.8) is 0 Å². The first-order chi connectivity index (χ1) is 21.4. The summed E-state index contributed by atoms with van der Waals surface area (Å²) in [6.45, 7) is 4.08. The number of hydrogen-bond acceptors (Lipinski definition) is 11. The van der Waals surface area contributed by atoms with Gasteiger partial charge in [-0.3, -0.25) is 14.3 Å². The van der Waals surface area contributed by atoms with Crippen LogP contribution in [0.3, 0.4) is 0 Å². The molecule has 0 atom stereocenters. The Morgan fingerprint density at radius 1 is 1.09 bits per heavy atom. The average molecular weight is 651 g/mol. The van der Waals surface area contributed by atoms with Crippen molar-refractivity contribution in [2.24, 2.45) is 0 Å². The summed E-state index contributed by atoms with van der Waals surface area (Å²) in [5.74, 6) is -0.867. The zero-order valence-electron chi connectivity index (χ0n) is 25.1. The molecule has 16 heteroatoms. The number of aromatic nitrogens is 3. The van der Waals surface area contributed by atoms with E-state index < -0.39 is 31.3 Å². The molecule has 242 valence electrons. The number of methoxy groups -OCH3 is 1. The third-order valence-corrected chi connectivity index (χ3v) is 9.61. The SMILES string of the molecule is CCOP(=O)(Cc1ccc(Nc2ncc(C(F)(F)F)c(Nc3cnc(C4CC(O)C4)c4c3C(=O)N(C)C4)n2)c(OC)c1)OCC. The Balaban J connectivity index is 1.46. The number of alkyl halides is 3. The third kappa shape index (κ3) is 6.91. The van der Waals surface area contributed by atoms with E-state index in [-0.39, 0.29) is 60.7 Å². The summed E-state index contributed by atoms with van der Waals surface area (Å²) >= 11 is 0. The minimum Gasteiger partial charge on any atom is -0.495 e. The normalized spacial score (nSPS) is 18.0. The number of halogens is 3. The minimum atomic E-state index is -4.81. The molecule has 45 heavy (non-hydrogen) atoms. The zero-order valence-corrected chi connectivity index (χ0v) is 26.0. The number of ether oxygens (including phenoxy) is 1. The van der Waals surface area contributed by atoms with E-state index >= 15 is 0 Å². The number of nitrogens with one attached hydrogen (secondary N) is 2. The molecule has 0 saturated heterocycles. The van der Waals surface area contributed by atoms with Gasteiger partial charge in [-0.05, 0) is 44.4 Å². The lowest BCUT2D eigenvalue weighted by Gasteiger charge is -2.32. The maximum atomic E-state index is 14.1. The number of anilines is 4. The molecule has 0 bridgehead atoms. The first-order valence-electron chi connectivity index (χ1n) is 14.3. The first kappa shape index (κ1) is 32.6. The van der Waals surface area contributed by atoms with E-state index in [1.165, 1.54) is 18.2 Å². The number of nitrogens with zero attached hydrogens (tertiary/aromatic N) is 4. The standard InChI is InChI=1S/C29H34F3N6O6P/c1-5-43-45(41,44-6-2)15-16-7-8-21(23(9-16)42-4)36-28-34-12-20(29(30,31)32)26(37-28)35-22-13-33-25(17-10-18(39)11-17)19-14-38(3)27(40)24(19)22/h7-9,12-13,17-18,39H,5-6,10-11,14-15H2,1-4H3,(H2,34,35,36,37). The fourth-order valence-electron chi connectivity index (χ4n) is 5.40. The molecular weight excluding hydrogens is 616 g/mol. The number of hydrogen-bond donors (Lipinski definition) is 3. The monoisotopic (exact) mass is 650 g/mol. The molecule has 1 aromatic carbocycles. The summed E-state index contributed by atoms with van der Waals surface area (Å²) in [5, 5.41) is 15.4. The van der Waals surface area contributed by atoms with Crippen molar-refractivity contribution in [2.45, 2.75) is 57.6 Å². The molecule has 2 aromatic heterocycles. The predicted molar refractivity (Wildman–Crippen MR) is 159 cm³/mol. The highest BCUT2D eigenvalue weighted by atomic mass is 31.2. The molecule has 1 amide bonds. The maximum absolute atomic E-state index is 14.1. The van der Waals surface area contributed by atoms with Gasteiger partial charge in [-0.1, -0.05) is 6.07 Å². The molecule has 0 unspecified atom stereocenters. The molecule has 2 aliphatic rings. The van der Waals surface area contributed by atoms with Crippen molar-refractivity contribution in [1.29, 1.82) is 0 Å². The Labute approximate surface area is 257 Å². The number of rotatable bonds is 12. The van der Waals surface area contributed by atoms with Gasteiger partial charge in [0, 0.05) is 37.0 Å². The number of carbonyl (C=O) groups is 1. The van der Waals surface area contributed by atoms with Crippen molar-refractivity contribution in [3.8, 4) is 5.75 Å². The summed E-state index contributed by atoms with van der Waals surface area (Å²) in [4.78, 5) is 27.0. The Bertz CT molecular complexity index is 1620. The summed E-state index contributed by atoms with van der Waals surface area (Å²) in [6, 6.07) is 4.85. The highest BCUT2D eigenvalue weighted by Crippen LogP contribution is 2.52. The highest BCUT2D eigenvalue weighted by Gasteiger charge is 2.39. The Kier molecular flexibility index (Phi) is 9.36. The van der Waals surface area contributed by atoms with E-state index in [4.69, 9.17) is 13.8 Å². The van der Waals surface area contributed by atoms with Crippen LogP contribution in [0, 0.1) is 0 Å². The van der Waals surface area contributed by atoms with E-state index in [2.05, 4.69) is 25.6 Å². The summed E-state index contributed by atoms with van der Waals surface area (Å²) in [7, 11) is -0.388. The smallest absolute Gasteiger partial charge is 0.421 e. The van der Waals surface area contributed by atoms with Crippen molar-refractivity contribution in [3.05, 3.63) is 58.5 Å². The second kappa shape index (κ2) is 12.9. The van der Waals surface area contributed by atoms with Crippen LogP contribution in [0.5, 0.6) is 5.75 Å². The van der Waals surface area contributed by atoms with Gasteiger partial charge in [-0.2, -0.15) is 18.2 Å². The van der Waals surface area contributed by atoms with E-state index in [1.54, 1.807) is 39.1 Å². The van der Waals surface area contributed by atoms with E-state index in [9.17, 15) is 27.6 Å². The summed E-state index contributed by atoms with van der Waals surface area (Å²) in [5.41, 5.74) is 1.36. The van der Waals surface area contributed by atoms with Gasteiger partial charge in [0.05, 0.1) is 55.7 Å². The quantitative estimate of drug-likeness (QED) is 0.199. The largest absolute Gasteiger partial charge is 0.495 e. The van der Waals surface area contributed by atoms with E-state index in [0.29, 0.717) is 41.5 Å².